The van der Waals surface area contributed by atoms with Gasteiger partial charge in [0.05, 0.1) is 20.6 Å². The van der Waals surface area contributed by atoms with Gasteiger partial charge in [-0.3, -0.25) is 25.0 Å². The first-order valence-corrected chi connectivity index (χ1v) is 8.88. The molecular weight excluding hydrogens is 428 g/mol. The van der Waals surface area contributed by atoms with E-state index in [1.807, 2.05) is 0 Å². The maximum Gasteiger partial charge on any atom is 0.271 e. The molecule has 0 spiro atoms. The Balaban J connectivity index is 1.82. The lowest BCUT2D eigenvalue weighted by Crippen LogP contribution is -2.13. The second kappa shape index (κ2) is 8.89. The van der Waals surface area contributed by atoms with Crippen LogP contribution in [0, 0.1) is 31.6 Å². The summed E-state index contributed by atoms with van der Waals surface area (Å²) in [7, 11) is 0. The molecule has 0 radical (unpaired) electrons. The Morgan fingerprint density at radius 2 is 1.77 bits per heavy atom. The summed E-state index contributed by atoms with van der Waals surface area (Å²) in [6.45, 7) is 0. The van der Waals surface area contributed by atoms with Gasteiger partial charge in [-0.25, -0.2) is 0 Å². The molecule has 0 unspecified atom stereocenters. The van der Waals surface area contributed by atoms with Crippen molar-refractivity contribution in [2.45, 2.75) is 0 Å². The summed E-state index contributed by atoms with van der Waals surface area (Å²) in [6.07, 6.45) is 1.19. The molecule has 11 heteroatoms. The Kier molecular flexibility index (Phi) is 6.09. The predicted octanol–water partition coefficient (Wildman–Crippen LogP) is 4.96. The zero-order valence-corrected chi connectivity index (χ0v) is 16.2. The Morgan fingerprint density at radius 3 is 2.42 bits per heavy atom. The Labute approximate surface area is 179 Å². The van der Waals surface area contributed by atoms with Gasteiger partial charge in [-0.15, -0.1) is 0 Å². The highest BCUT2D eigenvalue weighted by Crippen LogP contribution is 2.28. The first-order chi connectivity index (χ1) is 14.8. The molecule has 1 aromatic heterocycles. The first kappa shape index (κ1) is 21.2. The molecule has 0 aliphatic carbocycles. The van der Waals surface area contributed by atoms with Crippen LogP contribution in [-0.2, 0) is 4.79 Å². The summed E-state index contributed by atoms with van der Waals surface area (Å²) in [5.74, 6) is -0.319. The number of nitrogens with one attached hydrogen (secondary N) is 1. The fourth-order valence-electron chi connectivity index (χ4n) is 2.56. The number of hydrogen-bond acceptors (Lipinski definition) is 7. The lowest BCUT2D eigenvalue weighted by molar-refractivity contribution is -0.385. The maximum atomic E-state index is 12.4. The zero-order valence-electron chi connectivity index (χ0n) is 15.4. The van der Waals surface area contributed by atoms with Crippen LogP contribution in [0.25, 0.3) is 17.4 Å². The van der Waals surface area contributed by atoms with E-state index in [1.54, 1.807) is 18.2 Å². The number of nitro groups is 2. The molecular formula is C20H11ClN4O6. The molecule has 3 rings (SSSR count). The number of benzene rings is 2. The van der Waals surface area contributed by atoms with E-state index >= 15 is 0 Å². The summed E-state index contributed by atoms with van der Waals surface area (Å²) in [5.41, 5.74) is -0.120. The average molecular weight is 439 g/mol. The van der Waals surface area contributed by atoms with Crippen LogP contribution in [0.4, 0.5) is 17.1 Å². The number of nitriles is 1. The summed E-state index contributed by atoms with van der Waals surface area (Å²) in [6, 6.07) is 14.1. The van der Waals surface area contributed by atoms with Gasteiger partial charge in [-0.05, 0) is 18.2 Å². The largest absolute Gasteiger partial charge is 0.457 e. The van der Waals surface area contributed by atoms with Gasteiger partial charge in [0.1, 0.15) is 23.2 Å². The lowest BCUT2D eigenvalue weighted by atomic mass is 10.1. The summed E-state index contributed by atoms with van der Waals surface area (Å²) >= 11 is 5.94. The van der Waals surface area contributed by atoms with Crippen molar-refractivity contribution in [1.82, 2.24) is 0 Å². The molecule has 31 heavy (non-hydrogen) atoms. The van der Waals surface area contributed by atoms with Crippen molar-refractivity contribution < 1.29 is 19.1 Å². The standard InChI is InChI=1S/C20H11ClN4O6/c21-17-10-15(25(29)30)4-6-18(17)23-20(26)13(11-22)9-16-5-7-19(31-16)12-2-1-3-14(8-12)24(27)28/h1-10H,(H,23,26). The zero-order chi connectivity index (χ0) is 22.5. The van der Waals surface area contributed by atoms with Gasteiger partial charge in [0.25, 0.3) is 17.3 Å². The van der Waals surface area contributed by atoms with E-state index in [4.69, 9.17) is 16.0 Å². The molecule has 0 fully saturated rings. The molecule has 0 saturated heterocycles. The summed E-state index contributed by atoms with van der Waals surface area (Å²) in [5, 5.41) is 33.3. The van der Waals surface area contributed by atoms with E-state index in [0.29, 0.717) is 11.3 Å². The van der Waals surface area contributed by atoms with Gasteiger partial charge in [0.15, 0.2) is 0 Å². The number of anilines is 1. The lowest BCUT2D eigenvalue weighted by Gasteiger charge is -2.06. The highest BCUT2D eigenvalue weighted by molar-refractivity contribution is 6.34. The number of amides is 1. The third kappa shape index (κ3) is 4.92. The van der Waals surface area contributed by atoms with E-state index < -0.39 is 15.8 Å². The molecule has 10 nitrogen and oxygen atoms in total. The van der Waals surface area contributed by atoms with Gasteiger partial charge < -0.3 is 9.73 Å². The van der Waals surface area contributed by atoms with Crippen LogP contribution in [-0.4, -0.2) is 15.8 Å². The van der Waals surface area contributed by atoms with E-state index in [9.17, 15) is 30.3 Å². The molecule has 0 saturated carbocycles. The highest BCUT2D eigenvalue weighted by Gasteiger charge is 2.16. The maximum absolute atomic E-state index is 12.4. The number of nitro benzene ring substituents is 2. The van der Waals surface area contributed by atoms with Crippen LogP contribution >= 0.6 is 11.6 Å². The number of nitrogens with zero attached hydrogens (tertiary/aromatic N) is 3. The molecule has 1 amide bonds. The van der Waals surface area contributed by atoms with Crippen molar-refractivity contribution in [1.29, 1.82) is 5.26 Å². The SMILES string of the molecule is N#CC(=Cc1ccc(-c2cccc([N+](=O)[O-])c2)o1)C(=O)Nc1ccc([N+](=O)[O-])cc1Cl. The van der Waals surface area contributed by atoms with Crippen LogP contribution in [0.2, 0.25) is 5.02 Å². The van der Waals surface area contributed by atoms with Crippen molar-refractivity contribution in [3.05, 3.63) is 91.2 Å². The second-order valence-corrected chi connectivity index (χ2v) is 6.46. The van der Waals surface area contributed by atoms with Crippen LogP contribution in [0.3, 0.4) is 0 Å². The predicted molar refractivity (Wildman–Crippen MR) is 111 cm³/mol. The third-order valence-corrected chi connectivity index (χ3v) is 4.34. The molecule has 0 bridgehead atoms. The minimum atomic E-state index is -0.799. The van der Waals surface area contributed by atoms with Gasteiger partial charge in [0.2, 0.25) is 0 Å². The third-order valence-electron chi connectivity index (χ3n) is 4.03. The Morgan fingerprint density at radius 1 is 1.06 bits per heavy atom. The van der Waals surface area contributed by atoms with Gasteiger partial charge in [-0.1, -0.05) is 23.7 Å². The summed E-state index contributed by atoms with van der Waals surface area (Å²) in [4.78, 5) is 32.9. The van der Waals surface area contributed by atoms with Gasteiger partial charge in [0, 0.05) is 35.9 Å². The van der Waals surface area contributed by atoms with E-state index in [-0.39, 0.29) is 33.4 Å². The molecule has 154 valence electrons. The number of hydrogen-bond donors (Lipinski definition) is 1. The Hall–Kier alpha value is -4.49. The van der Waals surface area contributed by atoms with Gasteiger partial charge in [-0.2, -0.15) is 5.26 Å². The van der Waals surface area contributed by atoms with Crippen molar-refractivity contribution in [2.75, 3.05) is 5.32 Å². The van der Waals surface area contributed by atoms with E-state index in [1.165, 1.54) is 36.4 Å². The van der Waals surface area contributed by atoms with E-state index in [2.05, 4.69) is 5.32 Å². The van der Waals surface area contributed by atoms with Crippen molar-refractivity contribution in [3.63, 3.8) is 0 Å². The minimum absolute atomic E-state index is 0.0641. The fourth-order valence-corrected chi connectivity index (χ4v) is 2.78. The minimum Gasteiger partial charge on any atom is -0.457 e. The summed E-state index contributed by atoms with van der Waals surface area (Å²) < 4.78 is 5.57. The molecule has 1 N–H and O–H groups in total. The number of rotatable bonds is 6. The number of furan rings is 1. The van der Waals surface area contributed by atoms with Crippen LogP contribution < -0.4 is 5.32 Å². The van der Waals surface area contributed by atoms with Crippen molar-refractivity contribution in [2.24, 2.45) is 0 Å². The number of halogens is 1. The number of carbonyl (C=O) groups excluding carboxylic acids is 1. The first-order valence-electron chi connectivity index (χ1n) is 8.50. The van der Waals surface area contributed by atoms with Crippen molar-refractivity contribution >= 4 is 40.6 Å². The molecule has 2 aromatic carbocycles. The van der Waals surface area contributed by atoms with Crippen LogP contribution in [0.15, 0.2) is 64.6 Å². The molecule has 0 aliphatic heterocycles. The topological polar surface area (TPSA) is 152 Å². The van der Waals surface area contributed by atoms with E-state index in [0.717, 1.165) is 12.1 Å². The smallest absolute Gasteiger partial charge is 0.271 e. The van der Waals surface area contributed by atoms with Crippen LogP contribution in [0.1, 0.15) is 5.76 Å². The molecule has 3 aromatic rings. The molecule has 0 atom stereocenters. The quantitative estimate of drug-likeness (QED) is 0.247. The number of non-ortho nitro benzene ring substituents is 2. The Bertz CT molecular complexity index is 1270. The van der Waals surface area contributed by atoms with Gasteiger partial charge >= 0.3 is 0 Å². The second-order valence-electron chi connectivity index (χ2n) is 6.05. The molecule has 1 heterocycles. The normalized spacial score (nSPS) is 10.9. The molecule has 0 aliphatic rings. The van der Waals surface area contributed by atoms with Crippen LogP contribution in [0.5, 0.6) is 0 Å². The average Bonchev–Trinajstić information content (AvgIpc) is 3.22. The number of carbonyl (C=O) groups is 1. The highest BCUT2D eigenvalue weighted by atomic mass is 35.5. The van der Waals surface area contributed by atoms with Crippen molar-refractivity contribution in [3.8, 4) is 17.4 Å². The fraction of sp³-hybridized carbons (Fsp3) is 0. The monoisotopic (exact) mass is 438 g/mol.